The minimum absolute atomic E-state index is 0. The summed E-state index contributed by atoms with van der Waals surface area (Å²) in [7, 11) is 0. The van der Waals surface area contributed by atoms with E-state index in [4.69, 9.17) is 4.74 Å². The van der Waals surface area contributed by atoms with Gasteiger partial charge < -0.3 is 17.1 Å². The Hall–Kier alpha value is -2.29. The van der Waals surface area contributed by atoms with Crippen LogP contribution in [0.3, 0.4) is 0 Å². The Kier molecular flexibility index (Phi) is 4.07. The number of fused-ring (bicyclic) bond motifs is 4. The summed E-state index contributed by atoms with van der Waals surface area (Å²) in [6.07, 6.45) is 9.84. The maximum Gasteiger partial charge on any atom is 0.210 e. The highest BCUT2D eigenvalue weighted by Gasteiger charge is 2.34. The van der Waals surface area contributed by atoms with Gasteiger partial charge in [0.2, 0.25) is 5.36 Å². The van der Waals surface area contributed by atoms with Crippen molar-refractivity contribution in [2.24, 2.45) is 0 Å². The number of nitrogens with zero attached hydrogens (tertiary/aromatic N) is 2. The van der Waals surface area contributed by atoms with E-state index in [2.05, 4.69) is 28.5 Å². The lowest BCUT2D eigenvalue weighted by atomic mass is 9.85. The van der Waals surface area contributed by atoms with Crippen molar-refractivity contribution in [2.75, 3.05) is 31.1 Å². The van der Waals surface area contributed by atoms with E-state index in [0.29, 0.717) is 0 Å². The average Bonchev–Trinajstić information content (AvgIpc) is 2.76. The first-order valence-electron chi connectivity index (χ1n) is 11.7. The van der Waals surface area contributed by atoms with Crippen molar-refractivity contribution < 1.29 is 4.74 Å². The molecule has 0 saturated heterocycles. The molecule has 0 aliphatic carbocycles. The van der Waals surface area contributed by atoms with Gasteiger partial charge in [0.15, 0.2) is 0 Å². The monoisotopic (exact) mass is 400 g/mol. The first-order chi connectivity index (χ1) is 14.3. The van der Waals surface area contributed by atoms with E-state index in [-0.39, 0.29) is 7.43 Å². The molecule has 3 nitrogen and oxygen atoms in total. The van der Waals surface area contributed by atoms with E-state index >= 15 is 0 Å². The summed E-state index contributed by atoms with van der Waals surface area (Å²) in [5, 5.41) is 2.89. The van der Waals surface area contributed by atoms with Crippen LogP contribution in [0.1, 0.15) is 60.4 Å². The van der Waals surface area contributed by atoms with Gasteiger partial charge >= 0.3 is 0 Å². The largest absolute Gasteiger partial charge is 0.455 e. The normalized spacial score (nSPS) is 20.4. The first-order valence-corrected chi connectivity index (χ1v) is 11.7. The highest BCUT2D eigenvalue weighted by Crippen LogP contribution is 2.47. The van der Waals surface area contributed by atoms with Crippen molar-refractivity contribution in [2.45, 2.75) is 58.3 Å². The van der Waals surface area contributed by atoms with Gasteiger partial charge in [-0.3, -0.25) is 0 Å². The molecule has 5 aliphatic rings. The van der Waals surface area contributed by atoms with Gasteiger partial charge in [0.25, 0.3) is 0 Å². The minimum Gasteiger partial charge on any atom is -0.455 e. The van der Waals surface area contributed by atoms with E-state index in [1.54, 1.807) is 11.1 Å². The molecule has 0 radical (unpaired) electrons. The lowest BCUT2D eigenvalue weighted by Gasteiger charge is -2.39. The number of hydrogen-bond acceptors (Lipinski definition) is 2. The molecule has 5 aliphatic heterocycles. The molecule has 156 valence electrons. The van der Waals surface area contributed by atoms with Gasteiger partial charge in [-0.15, -0.1) is 0 Å². The van der Waals surface area contributed by atoms with Gasteiger partial charge in [-0.05, 0) is 68.7 Å². The van der Waals surface area contributed by atoms with Crippen molar-refractivity contribution in [3.8, 4) is 11.5 Å². The van der Waals surface area contributed by atoms with Crippen molar-refractivity contribution in [3.05, 3.63) is 58.0 Å². The van der Waals surface area contributed by atoms with Gasteiger partial charge in [0, 0.05) is 53.5 Å². The molecular formula is C27H32N2O. The van der Waals surface area contributed by atoms with Crippen LogP contribution in [0.4, 0.5) is 5.69 Å². The van der Waals surface area contributed by atoms with Crippen LogP contribution in [0.25, 0.3) is 5.57 Å². The number of rotatable bonds is 0. The highest BCUT2D eigenvalue weighted by molar-refractivity contribution is 5.81. The molecule has 2 aromatic carbocycles. The Labute approximate surface area is 179 Å². The van der Waals surface area contributed by atoms with Gasteiger partial charge in [-0.25, -0.2) is 4.58 Å². The molecule has 7 rings (SSSR count). The van der Waals surface area contributed by atoms with Gasteiger partial charge in [-0.1, -0.05) is 0 Å². The zero-order chi connectivity index (χ0) is 19.1. The van der Waals surface area contributed by atoms with Crippen LogP contribution >= 0.6 is 0 Å². The third-order valence-corrected chi connectivity index (χ3v) is 7.96. The van der Waals surface area contributed by atoms with Crippen LogP contribution in [0.15, 0.2) is 12.1 Å². The second-order valence-corrected chi connectivity index (χ2v) is 9.59. The van der Waals surface area contributed by atoms with Crippen LogP contribution in [0.5, 0.6) is 11.5 Å². The van der Waals surface area contributed by atoms with Gasteiger partial charge in [-0.2, -0.15) is 0 Å². The molecule has 0 amide bonds. The lowest BCUT2D eigenvalue weighted by Crippen LogP contribution is -2.45. The summed E-state index contributed by atoms with van der Waals surface area (Å²) in [6.45, 7) is 7.19. The highest BCUT2D eigenvalue weighted by atomic mass is 16.5. The van der Waals surface area contributed by atoms with Gasteiger partial charge in [0.1, 0.15) is 24.6 Å². The molecule has 0 bridgehead atoms. The fraction of sp³-hybridized carbons (Fsp3) is 0.481. The number of benzene rings is 2. The summed E-state index contributed by atoms with van der Waals surface area (Å²) in [4.78, 5) is 2.63. The Morgan fingerprint density at radius 1 is 0.833 bits per heavy atom. The summed E-state index contributed by atoms with van der Waals surface area (Å²) in [6, 6.07) is 4.95. The summed E-state index contributed by atoms with van der Waals surface area (Å²) >= 11 is 0. The summed E-state index contributed by atoms with van der Waals surface area (Å²) in [5.74, 6) is 2.37. The molecule has 3 heteroatoms. The Morgan fingerprint density at radius 2 is 1.57 bits per heavy atom. The third kappa shape index (κ3) is 2.35. The molecule has 0 N–H and O–H groups in total. The van der Waals surface area contributed by atoms with Crippen LogP contribution in [-0.4, -0.2) is 26.2 Å². The Morgan fingerprint density at radius 3 is 2.43 bits per heavy atom. The molecule has 5 heterocycles. The number of hydrogen-bond donors (Lipinski definition) is 0. The Balaban J connectivity index is 0.00000175. The van der Waals surface area contributed by atoms with E-state index in [0.717, 1.165) is 12.8 Å². The average molecular weight is 401 g/mol. The minimum atomic E-state index is 0. The fourth-order valence-corrected chi connectivity index (χ4v) is 6.70. The lowest BCUT2D eigenvalue weighted by molar-refractivity contribution is 0.431. The smallest absolute Gasteiger partial charge is 0.210 e. The van der Waals surface area contributed by atoms with Crippen molar-refractivity contribution in [1.29, 1.82) is 0 Å². The Bertz CT molecular complexity index is 1200. The van der Waals surface area contributed by atoms with Crippen LogP contribution in [0.2, 0.25) is 0 Å². The topological polar surface area (TPSA) is 15.5 Å². The second kappa shape index (κ2) is 6.60. The van der Waals surface area contributed by atoms with Gasteiger partial charge in [0.05, 0.1) is 5.56 Å². The molecule has 30 heavy (non-hydrogen) atoms. The van der Waals surface area contributed by atoms with E-state index in [1.807, 2.05) is 0 Å². The second-order valence-electron chi connectivity index (χ2n) is 9.59. The molecule has 0 saturated carbocycles. The summed E-state index contributed by atoms with van der Waals surface area (Å²) < 4.78 is 9.54. The van der Waals surface area contributed by atoms with Crippen LogP contribution in [-0.2, 0) is 25.7 Å². The zero-order valence-corrected chi connectivity index (χ0v) is 18.4. The van der Waals surface area contributed by atoms with Crippen molar-refractivity contribution in [3.63, 3.8) is 0 Å². The quantitative estimate of drug-likeness (QED) is 0.496. The fourth-order valence-electron chi connectivity index (χ4n) is 6.70. The molecule has 0 spiro atoms. The van der Waals surface area contributed by atoms with Crippen LogP contribution < -0.4 is 24.8 Å². The molecule has 0 atom stereocenters. The zero-order valence-electron chi connectivity index (χ0n) is 18.4. The third-order valence-electron chi connectivity index (χ3n) is 7.96. The summed E-state index contributed by atoms with van der Waals surface area (Å²) in [5.41, 5.74) is 10.4. The van der Waals surface area contributed by atoms with E-state index in [1.165, 1.54) is 115 Å². The predicted molar refractivity (Wildman–Crippen MR) is 123 cm³/mol. The van der Waals surface area contributed by atoms with E-state index < -0.39 is 0 Å². The van der Waals surface area contributed by atoms with Crippen molar-refractivity contribution >= 4 is 11.3 Å². The van der Waals surface area contributed by atoms with E-state index in [9.17, 15) is 0 Å². The molecule has 2 aromatic rings. The van der Waals surface area contributed by atoms with Crippen molar-refractivity contribution in [1.82, 2.24) is 4.58 Å². The maximum absolute atomic E-state index is 6.91. The molecular weight excluding hydrogens is 368 g/mol. The first kappa shape index (κ1) is 18.5. The predicted octanol–water partition coefficient (Wildman–Crippen LogP) is 3.54. The SMILES string of the molecule is CC1=c2cc3c4c(c2Oc2c1cc1c5c2CCCN5CCC1)CCC[N+]=4CCC3.[CH3-]. The number of anilines is 1. The maximum atomic E-state index is 6.91. The molecule has 0 unspecified atom stereocenters. The number of ether oxygens (including phenoxy) is 1. The standard InChI is InChI=1S/C26H29N2O.CH3/c1-16-21-14-17-6-2-10-27-12-4-8-19(23(17)27)25(21)29-26-20-9-5-13-28-11-3-7-18(24(20)28)15-22(16)26;/h14-15H,2-13H2,1H3;1H3/q+1;-1. The number of aryl methyl sites for hydroxylation is 2. The van der Waals surface area contributed by atoms with Crippen LogP contribution in [0, 0.1) is 7.43 Å². The molecule has 0 aromatic heterocycles. The molecule has 0 fully saturated rings.